The number of rotatable bonds is 4. The number of aromatic nitrogens is 2. The maximum Gasteiger partial charge on any atom is 0.354 e. The summed E-state index contributed by atoms with van der Waals surface area (Å²) in [6.07, 6.45) is 2.00. The molecule has 1 aromatic rings. The van der Waals surface area contributed by atoms with Crippen LogP contribution in [0.1, 0.15) is 35.9 Å². The molecule has 0 aliphatic heterocycles. The van der Waals surface area contributed by atoms with Gasteiger partial charge in [-0.3, -0.25) is 4.68 Å². The molecule has 0 aliphatic rings. The molecule has 0 fully saturated rings. The highest BCUT2D eigenvalue weighted by Gasteiger charge is 2.11. The fourth-order valence-corrected chi connectivity index (χ4v) is 1.20. The molecule has 0 amide bonds. The third-order valence-electron chi connectivity index (χ3n) is 1.84. The highest BCUT2D eigenvalue weighted by atomic mass is 16.4. The second kappa shape index (κ2) is 4.07. The van der Waals surface area contributed by atoms with Crippen molar-refractivity contribution >= 4 is 5.97 Å². The van der Waals surface area contributed by atoms with Crippen molar-refractivity contribution in [2.75, 3.05) is 0 Å². The maximum absolute atomic E-state index is 10.7. The van der Waals surface area contributed by atoms with Crippen molar-refractivity contribution in [1.29, 1.82) is 0 Å². The van der Waals surface area contributed by atoms with Crippen LogP contribution in [0.5, 0.6) is 0 Å². The van der Waals surface area contributed by atoms with Gasteiger partial charge in [0.2, 0.25) is 0 Å². The largest absolute Gasteiger partial charge is 0.477 e. The van der Waals surface area contributed by atoms with Gasteiger partial charge in [0.25, 0.3) is 0 Å². The standard InChI is InChI=1S/C9H14N2O2/c1-3-4-5-11-8(9(12)13)6-7(2)10-11/h6H,3-5H2,1-2H3,(H,12,13). The smallest absolute Gasteiger partial charge is 0.354 e. The first kappa shape index (κ1) is 9.77. The molecule has 0 aliphatic carbocycles. The lowest BCUT2D eigenvalue weighted by atomic mass is 10.3. The lowest BCUT2D eigenvalue weighted by Gasteiger charge is -2.01. The summed E-state index contributed by atoms with van der Waals surface area (Å²) in [6.45, 7) is 4.55. The molecule has 0 radical (unpaired) electrons. The van der Waals surface area contributed by atoms with Crippen molar-refractivity contribution in [3.8, 4) is 0 Å². The summed E-state index contributed by atoms with van der Waals surface area (Å²) in [7, 11) is 0. The number of aryl methyl sites for hydroxylation is 2. The van der Waals surface area contributed by atoms with Crippen molar-refractivity contribution in [1.82, 2.24) is 9.78 Å². The zero-order chi connectivity index (χ0) is 9.84. The molecule has 1 rings (SSSR count). The molecule has 0 bridgehead atoms. The Morgan fingerprint density at radius 2 is 2.38 bits per heavy atom. The van der Waals surface area contributed by atoms with Gasteiger partial charge in [-0.05, 0) is 19.4 Å². The van der Waals surface area contributed by atoms with Crippen molar-refractivity contribution in [3.05, 3.63) is 17.5 Å². The Hall–Kier alpha value is -1.32. The predicted molar refractivity (Wildman–Crippen MR) is 48.8 cm³/mol. The summed E-state index contributed by atoms with van der Waals surface area (Å²) in [5.41, 5.74) is 1.04. The molecule has 72 valence electrons. The molecule has 0 unspecified atom stereocenters. The van der Waals surface area contributed by atoms with Crippen LogP contribution in [0.15, 0.2) is 6.07 Å². The molecule has 1 N–H and O–H groups in total. The third kappa shape index (κ3) is 2.31. The number of carbonyl (C=O) groups is 1. The Morgan fingerprint density at radius 1 is 1.69 bits per heavy atom. The average molecular weight is 182 g/mol. The quantitative estimate of drug-likeness (QED) is 0.770. The second-order valence-corrected chi connectivity index (χ2v) is 3.05. The fraction of sp³-hybridized carbons (Fsp3) is 0.556. The molecule has 0 saturated heterocycles. The SMILES string of the molecule is CCCCn1nc(C)cc1C(=O)O. The highest BCUT2D eigenvalue weighted by Crippen LogP contribution is 2.05. The first-order valence-corrected chi connectivity index (χ1v) is 4.43. The number of nitrogens with zero attached hydrogens (tertiary/aromatic N) is 2. The number of carboxylic acid groups (broad SMARTS) is 1. The minimum atomic E-state index is -0.906. The zero-order valence-corrected chi connectivity index (χ0v) is 7.95. The van der Waals surface area contributed by atoms with Gasteiger partial charge in [0.1, 0.15) is 5.69 Å². The minimum absolute atomic E-state index is 0.283. The van der Waals surface area contributed by atoms with E-state index in [0.717, 1.165) is 18.5 Å². The van der Waals surface area contributed by atoms with Gasteiger partial charge in [-0.15, -0.1) is 0 Å². The van der Waals surface area contributed by atoms with E-state index in [4.69, 9.17) is 5.11 Å². The van der Waals surface area contributed by atoms with E-state index in [0.29, 0.717) is 6.54 Å². The zero-order valence-electron chi connectivity index (χ0n) is 7.95. The summed E-state index contributed by atoms with van der Waals surface area (Å²) in [5, 5.41) is 12.9. The predicted octanol–water partition coefficient (Wildman–Crippen LogP) is 1.69. The molecule has 4 heteroatoms. The number of carboxylic acids is 1. The summed E-state index contributed by atoms with van der Waals surface area (Å²) in [5.74, 6) is -0.906. The molecule has 0 spiro atoms. The normalized spacial score (nSPS) is 10.3. The van der Waals surface area contributed by atoms with Crippen LogP contribution in [0.4, 0.5) is 0 Å². The second-order valence-electron chi connectivity index (χ2n) is 3.05. The number of unbranched alkanes of at least 4 members (excludes halogenated alkanes) is 1. The molecule has 4 nitrogen and oxygen atoms in total. The summed E-state index contributed by atoms with van der Waals surface area (Å²) in [4.78, 5) is 10.7. The third-order valence-corrected chi connectivity index (χ3v) is 1.84. The number of hydrogen-bond acceptors (Lipinski definition) is 2. The van der Waals surface area contributed by atoms with Crippen LogP contribution in [0.25, 0.3) is 0 Å². The first-order chi connectivity index (χ1) is 6.15. The Morgan fingerprint density at radius 3 is 2.92 bits per heavy atom. The van der Waals surface area contributed by atoms with Crippen molar-refractivity contribution in [2.45, 2.75) is 33.2 Å². The molecule has 1 heterocycles. The molecular formula is C9H14N2O2. The van der Waals surface area contributed by atoms with E-state index in [1.54, 1.807) is 17.7 Å². The Balaban J connectivity index is 2.84. The minimum Gasteiger partial charge on any atom is -0.477 e. The van der Waals surface area contributed by atoms with E-state index >= 15 is 0 Å². The first-order valence-electron chi connectivity index (χ1n) is 4.43. The summed E-state index contributed by atoms with van der Waals surface area (Å²) in [6, 6.07) is 1.60. The van der Waals surface area contributed by atoms with E-state index < -0.39 is 5.97 Å². The highest BCUT2D eigenvalue weighted by molar-refractivity contribution is 5.85. The Kier molecular flexibility index (Phi) is 3.06. The van der Waals surface area contributed by atoms with Crippen LogP contribution in [-0.4, -0.2) is 20.9 Å². The lowest BCUT2D eigenvalue weighted by Crippen LogP contribution is -2.09. The van der Waals surface area contributed by atoms with Gasteiger partial charge in [0, 0.05) is 6.54 Å². The molecular weight excluding hydrogens is 168 g/mol. The number of aromatic carboxylic acids is 1. The van der Waals surface area contributed by atoms with Crippen LogP contribution in [-0.2, 0) is 6.54 Å². The van der Waals surface area contributed by atoms with Crippen LogP contribution in [0.3, 0.4) is 0 Å². The van der Waals surface area contributed by atoms with Crippen molar-refractivity contribution in [2.24, 2.45) is 0 Å². The van der Waals surface area contributed by atoms with Gasteiger partial charge in [0.05, 0.1) is 5.69 Å². The van der Waals surface area contributed by atoms with Gasteiger partial charge >= 0.3 is 5.97 Å². The number of hydrogen-bond donors (Lipinski definition) is 1. The topological polar surface area (TPSA) is 55.1 Å². The molecule has 0 atom stereocenters. The molecule has 1 aromatic heterocycles. The van der Waals surface area contributed by atoms with Gasteiger partial charge in [-0.1, -0.05) is 13.3 Å². The van der Waals surface area contributed by atoms with Gasteiger partial charge < -0.3 is 5.11 Å². The molecule has 13 heavy (non-hydrogen) atoms. The van der Waals surface area contributed by atoms with E-state index in [9.17, 15) is 4.79 Å². The monoisotopic (exact) mass is 182 g/mol. The van der Waals surface area contributed by atoms with Gasteiger partial charge in [-0.25, -0.2) is 4.79 Å². The van der Waals surface area contributed by atoms with Crippen LogP contribution < -0.4 is 0 Å². The van der Waals surface area contributed by atoms with Crippen LogP contribution in [0.2, 0.25) is 0 Å². The van der Waals surface area contributed by atoms with E-state index in [1.807, 2.05) is 0 Å². The maximum atomic E-state index is 10.7. The van der Waals surface area contributed by atoms with Crippen LogP contribution >= 0.6 is 0 Å². The fourth-order valence-electron chi connectivity index (χ4n) is 1.20. The van der Waals surface area contributed by atoms with Gasteiger partial charge in [0.15, 0.2) is 0 Å². The average Bonchev–Trinajstić information content (AvgIpc) is 2.43. The van der Waals surface area contributed by atoms with Crippen molar-refractivity contribution in [3.63, 3.8) is 0 Å². The molecule has 0 saturated carbocycles. The summed E-state index contributed by atoms with van der Waals surface area (Å²) < 4.78 is 1.56. The van der Waals surface area contributed by atoms with E-state index in [2.05, 4.69) is 12.0 Å². The van der Waals surface area contributed by atoms with Crippen molar-refractivity contribution < 1.29 is 9.90 Å². The lowest BCUT2D eigenvalue weighted by molar-refractivity contribution is 0.0683. The summed E-state index contributed by atoms with van der Waals surface area (Å²) >= 11 is 0. The Bertz CT molecular complexity index is 305. The van der Waals surface area contributed by atoms with Gasteiger partial charge in [-0.2, -0.15) is 5.10 Å². The van der Waals surface area contributed by atoms with Crippen LogP contribution in [0, 0.1) is 6.92 Å². The van der Waals surface area contributed by atoms with E-state index in [-0.39, 0.29) is 5.69 Å². The Labute approximate surface area is 77.2 Å². The molecule has 0 aromatic carbocycles. The van der Waals surface area contributed by atoms with E-state index in [1.165, 1.54) is 0 Å².